The quantitative estimate of drug-likeness (QED) is 0.805. The first-order valence-electron chi connectivity index (χ1n) is 5.25. The van der Waals surface area contributed by atoms with Crippen molar-refractivity contribution in [1.29, 1.82) is 0 Å². The van der Waals surface area contributed by atoms with E-state index in [-0.39, 0.29) is 17.3 Å². The Morgan fingerprint density at radius 2 is 2.11 bits per heavy atom. The lowest BCUT2D eigenvalue weighted by atomic mass is 10.3. The first-order chi connectivity index (χ1) is 9.08. The van der Waals surface area contributed by atoms with Gasteiger partial charge < -0.3 is 4.74 Å². The van der Waals surface area contributed by atoms with Gasteiger partial charge in [-0.3, -0.25) is 4.79 Å². The van der Waals surface area contributed by atoms with Gasteiger partial charge in [-0.25, -0.2) is 4.68 Å². The van der Waals surface area contributed by atoms with Gasteiger partial charge >= 0.3 is 0 Å². The van der Waals surface area contributed by atoms with Crippen LogP contribution >= 0.6 is 34.8 Å². The van der Waals surface area contributed by atoms with Crippen LogP contribution in [0.1, 0.15) is 16.1 Å². The van der Waals surface area contributed by atoms with E-state index in [1.165, 1.54) is 11.8 Å². The lowest BCUT2D eigenvalue weighted by Gasteiger charge is -2.05. The van der Waals surface area contributed by atoms with Gasteiger partial charge in [0.15, 0.2) is 6.29 Å². The van der Waals surface area contributed by atoms with E-state index in [0.717, 1.165) is 0 Å². The maximum atomic E-state index is 11.1. The lowest BCUT2D eigenvalue weighted by molar-refractivity contribution is 0.111. The number of carbonyl (C=O) groups is 1. The molecule has 100 valence electrons. The van der Waals surface area contributed by atoms with Gasteiger partial charge in [0, 0.05) is 12.1 Å². The molecule has 0 fully saturated rings. The van der Waals surface area contributed by atoms with Gasteiger partial charge in [-0.1, -0.05) is 34.8 Å². The first kappa shape index (κ1) is 14.3. The second-order valence-electron chi connectivity index (χ2n) is 3.71. The summed E-state index contributed by atoms with van der Waals surface area (Å²) in [5.41, 5.74) is 1.28. The van der Waals surface area contributed by atoms with Crippen molar-refractivity contribution in [2.45, 2.75) is 6.61 Å². The highest BCUT2D eigenvalue weighted by molar-refractivity contribution is 6.36. The molecule has 0 amide bonds. The van der Waals surface area contributed by atoms with Crippen LogP contribution in [0, 0.1) is 0 Å². The Kier molecular flexibility index (Phi) is 4.47. The molecule has 2 rings (SSSR count). The van der Waals surface area contributed by atoms with Crippen LogP contribution < -0.4 is 0 Å². The zero-order valence-electron chi connectivity index (χ0n) is 9.86. The number of aldehydes is 1. The van der Waals surface area contributed by atoms with Crippen molar-refractivity contribution in [3.05, 3.63) is 44.7 Å². The Hall–Kier alpha value is -1.07. The van der Waals surface area contributed by atoms with Gasteiger partial charge in [-0.15, -0.1) is 0 Å². The molecule has 0 radical (unpaired) electrons. The largest absolute Gasteiger partial charge is 0.378 e. The lowest BCUT2D eigenvalue weighted by Crippen LogP contribution is -1.99. The minimum Gasteiger partial charge on any atom is -0.378 e. The van der Waals surface area contributed by atoms with Gasteiger partial charge in [0.25, 0.3) is 0 Å². The highest BCUT2D eigenvalue weighted by Crippen LogP contribution is 2.29. The number of carbonyl (C=O) groups excluding carboxylic acids is 1. The Morgan fingerprint density at radius 3 is 2.68 bits per heavy atom. The summed E-state index contributed by atoms with van der Waals surface area (Å²) in [5, 5.41) is 5.31. The molecule has 0 N–H and O–H groups in total. The average molecular weight is 320 g/mol. The van der Waals surface area contributed by atoms with Gasteiger partial charge in [0.2, 0.25) is 0 Å². The van der Waals surface area contributed by atoms with Crippen LogP contribution in [0.4, 0.5) is 0 Å². The van der Waals surface area contributed by atoms with Crippen molar-refractivity contribution >= 4 is 41.1 Å². The number of nitrogens with zero attached hydrogens (tertiary/aromatic N) is 2. The van der Waals surface area contributed by atoms with Crippen molar-refractivity contribution in [3.63, 3.8) is 0 Å². The summed E-state index contributed by atoms with van der Waals surface area (Å²) < 4.78 is 6.36. The number of ether oxygens (including phenoxy) is 1. The smallest absolute Gasteiger partial charge is 0.155 e. The molecular weight excluding hydrogens is 311 g/mol. The number of benzene rings is 1. The fourth-order valence-electron chi connectivity index (χ4n) is 1.62. The molecule has 1 aromatic heterocycles. The molecule has 0 saturated carbocycles. The molecule has 4 nitrogen and oxygen atoms in total. The van der Waals surface area contributed by atoms with E-state index in [0.29, 0.717) is 27.7 Å². The van der Waals surface area contributed by atoms with E-state index in [4.69, 9.17) is 39.5 Å². The topological polar surface area (TPSA) is 44.1 Å². The normalized spacial score (nSPS) is 10.7. The summed E-state index contributed by atoms with van der Waals surface area (Å²) in [4.78, 5) is 11.1. The van der Waals surface area contributed by atoms with Crippen molar-refractivity contribution < 1.29 is 9.53 Å². The summed E-state index contributed by atoms with van der Waals surface area (Å²) in [5.74, 6) is 0. The Balaban J connectivity index is 2.59. The average Bonchev–Trinajstić information content (AvgIpc) is 2.66. The van der Waals surface area contributed by atoms with E-state index in [1.807, 2.05) is 0 Å². The standard InChI is InChI=1S/C12H9Cl3N2O2/c1-19-6-10-8(5-18)12(15)17(16-10)11-3-2-7(13)4-9(11)14/h2-5H,6H2,1H3. The number of hydrogen-bond acceptors (Lipinski definition) is 3. The Bertz CT molecular complexity index is 626. The predicted octanol–water partition coefficient (Wildman–Crippen LogP) is 3.79. The highest BCUT2D eigenvalue weighted by Gasteiger charge is 2.18. The van der Waals surface area contributed by atoms with Crippen molar-refractivity contribution in [2.75, 3.05) is 7.11 Å². The predicted molar refractivity (Wildman–Crippen MR) is 74.7 cm³/mol. The SMILES string of the molecule is COCc1nn(-c2ccc(Cl)cc2Cl)c(Cl)c1C=O. The molecule has 1 heterocycles. The second-order valence-corrected chi connectivity index (χ2v) is 4.91. The van der Waals surface area contributed by atoms with Crippen molar-refractivity contribution in [2.24, 2.45) is 0 Å². The molecule has 0 aliphatic carbocycles. The molecule has 0 bridgehead atoms. The van der Waals surface area contributed by atoms with Crippen molar-refractivity contribution in [3.8, 4) is 5.69 Å². The van der Waals surface area contributed by atoms with Crippen LogP contribution in [0.15, 0.2) is 18.2 Å². The maximum absolute atomic E-state index is 11.1. The molecule has 0 aliphatic rings. The molecule has 19 heavy (non-hydrogen) atoms. The molecule has 2 aromatic rings. The van der Waals surface area contributed by atoms with Crippen LogP contribution in [0.25, 0.3) is 5.69 Å². The monoisotopic (exact) mass is 318 g/mol. The van der Waals surface area contributed by atoms with E-state index < -0.39 is 0 Å². The fraction of sp³-hybridized carbons (Fsp3) is 0.167. The maximum Gasteiger partial charge on any atom is 0.155 e. The molecule has 1 aromatic carbocycles. The van der Waals surface area contributed by atoms with E-state index in [2.05, 4.69) is 5.10 Å². The highest BCUT2D eigenvalue weighted by atomic mass is 35.5. The third-order valence-electron chi connectivity index (χ3n) is 2.48. The third-order valence-corrected chi connectivity index (χ3v) is 3.38. The summed E-state index contributed by atoms with van der Waals surface area (Å²) in [6.07, 6.45) is 0.643. The third kappa shape index (κ3) is 2.77. The number of methoxy groups -OCH3 is 1. The van der Waals surface area contributed by atoms with E-state index >= 15 is 0 Å². The van der Waals surface area contributed by atoms with Crippen LogP contribution in [0.2, 0.25) is 15.2 Å². The molecule has 7 heteroatoms. The number of rotatable bonds is 4. The van der Waals surface area contributed by atoms with Crippen LogP contribution in [0.3, 0.4) is 0 Å². The molecule has 0 atom stereocenters. The molecule has 0 spiro atoms. The minimum absolute atomic E-state index is 0.186. The van der Waals surface area contributed by atoms with Crippen LogP contribution in [-0.4, -0.2) is 23.2 Å². The Labute approximate surface area is 124 Å². The van der Waals surface area contributed by atoms with Crippen LogP contribution in [0.5, 0.6) is 0 Å². The molecular formula is C12H9Cl3N2O2. The fourth-order valence-corrected chi connectivity index (χ4v) is 2.40. The van der Waals surface area contributed by atoms with Crippen LogP contribution in [-0.2, 0) is 11.3 Å². The van der Waals surface area contributed by atoms with E-state index in [1.54, 1.807) is 18.2 Å². The summed E-state index contributed by atoms with van der Waals surface area (Å²) in [6.45, 7) is 0.187. The minimum atomic E-state index is 0.186. The second kappa shape index (κ2) is 5.92. The number of halogens is 3. The zero-order valence-corrected chi connectivity index (χ0v) is 12.1. The molecule has 0 saturated heterocycles. The summed E-state index contributed by atoms with van der Waals surface area (Å²) in [6, 6.07) is 4.92. The summed E-state index contributed by atoms with van der Waals surface area (Å²) >= 11 is 18.1. The van der Waals surface area contributed by atoms with Gasteiger partial charge in [0.05, 0.1) is 22.9 Å². The van der Waals surface area contributed by atoms with Crippen molar-refractivity contribution in [1.82, 2.24) is 9.78 Å². The Morgan fingerprint density at radius 1 is 1.37 bits per heavy atom. The van der Waals surface area contributed by atoms with E-state index in [9.17, 15) is 4.79 Å². The number of hydrogen-bond donors (Lipinski definition) is 0. The zero-order chi connectivity index (χ0) is 14.0. The van der Waals surface area contributed by atoms with Gasteiger partial charge in [-0.2, -0.15) is 5.10 Å². The molecule has 0 unspecified atom stereocenters. The van der Waals surface area contributed by atoms with Gasteiger partial charge in [-0.05, 0) is 18.2 Å². The molecule has 0 aliphatic heterocycles. The number of aromatic nitrogens is 2. The first-order valence-corrected chi connectivity index (χ1v) is 6.38. The van der Waals surface area contributed by atoms with Gasteiger partial charge in [0.1, 0.15) is 10.8 Å². The summed E-state index contributed by atoms with van der Waals surface area (Å²) in [7, 11) is 1.51.